The van der Waals surface area contributed by atoms with E-state index in [0.29, 0.717) is 24.3 Å². The van der Waals surface area contributed by atoms with Crippen LogP contribution in [-0.4, -0.2) is 47.0 Å². The molecule has 1 fully saturated rings. The van der Waals surface area contributed by atoms with E-state index in [9.17, 15) is 14.4 Å². The Kier molecular flexibility index (Phi) is 4.42. The van der Waals surface area contributed by atoms with Gasteiger partial charge in [0.05, 0.1) is 6.42 Å². The minimum Gasteiger partial charge on any atom is -0.481 e. The van der Waals surface area contributed by atoms with Crippen LogP contribution in [-0.2, 0) is 16.0 Å². The third kappa shape index (κ3) is 3.71. The number of hydrogen-bond acceptors (Lipinski definition) is 3. The fourth-order valence-corrected chi connectivity index (χ4v) is 2.14. The quantitative estimate of drug-likeness (QED) is 0.762. The molecule has 0 spiro atoms. The van der Waals surface area contributed by atoms with Gasteiger partial charge in [-0.25, -0.2) is 4.79 Å². The van der Waals surface area contributed by atoms with Gasteiger partial charge in [0.1, 0.15) is 6.04 Å². The van der Waals surface area contributed by atoms with E-state index >= 15 is 0 Å². The molecule has 0 bridgehead atoms. The molecule has 1 aliphatic heterocycles. The van der Waals surface area contributed by atoms with Gasteiger partial charge < -0.3 is 20.6 Å². The standard InChI is InChI=1S/C14H17N3O4/c1-9-13(20)15-6-7-17(9)14(21)16-11-4-2-10(3-5-11)8-12(18)19/h2-5,9H,6-8H2,1H3,(H,15,20)(H,16,21)(H,18,19). The lowest BCUT2D eigenvalue weighted by Gasteiger charge is -2.32. The lowest BCUT2D eigenvalue weighted by molar-refractivity contribution is -0.136. The number of rotatable bonds is 3. The number of nitrogens with zero attached hydrogens (tertiary/aromatic N) is 1. The maximum Gasteiger partial charge on any atom is 0.322 e. The highest BCUT2D eigenvalue weighted by Crippen LogP contribution is 2.13. The number of carbonyl (C=O) groups excluding carboxylic acids is 2. The Morgan fingerprint density at radius 1 is 1.38 bits per heavy atom. The summed E-state index contributed by atoms with van der Waals surface area (Å²) >= 11 is 0. The number of hydrogen-bond donors (Lipinski definition) is 3. The molecule has 1 aliphatic rings. The van der Waals surface area contributed by atoms with Gasteiger partial charge in [-0.1, -0.05) is 12.1 Å². The van der Waals surface area contributed by atoms with E-state index in [-0.39, 0.29) is 18.4 Å². The predicted molar refractivity (Wildman–Crippen MR) is 76.0 cm³/mol. The van der Waals surface area contributed by atoms with Crippen LogP contribution in [0.15, 0.2) is 24.3 Å². The molecule has 1 saturated heterocycles. The molecule has 21 heavy (non-hydrogen) atoms. The van der Waals surface area contributed by atoms with Crippen molar-refractivity contribution in [2.75, 3.05) is 18.4 Å². The summed E-state index contributed by atoms with van der Waals surface area (Å²) in [5, 5.41) is 14.1. The van der Waals surface area contributed by atoms with E-state index in [1.54, 1.807) is 31.2 Å². The average Bonchev–Trinajstić information content (AvgIpc) is 2.43. The zero-order valence-corrected chi connectivity index (χ0v) is 11.6. The monoisotopic (exact) mass is 291 g/mol. The first-order valence-electron chi connectivity index (χ1n) is 6.63. The Bertz CT molecular complexity index is 556. The van der Waals surface area contributed by atoms with Crippen LogP contribution in [0.3, 0.4) is 0 Å². The lowest BCUT2D eigenvalue weighted by Crippen LogP contribution is -2.56. The Hall–Kier alpha value is -2.57. The number of nitrogens with one attached hydrogen (secondary N) is 2. The van der Waals surface area contributed by atoms with Gasteiger partial charge in [-0.2, -0.15) is 0 Å². The van der Waals surface area contributed by atoms with E-state index in [1.165, 1.54) is 4.90 Å². The van der Waals surface area contributed by atoms with Crippen LogP contribution < -0.4 is 10.6 Å². The lowest BCUT2D eigenvalue weighted by atomic mass is 10.1. The van der Waals surface area contributed by atoms with Crippen LogP contribution in [0.1, 0.15) is 12.5 Å². The normalized spacial score (nSPS) is 18.0. The number of aliphatic carboxylic acids is 1. The first kappa shape index (κ1) is 14.8. The number of piperazine rings is 1. The third-order valence-corrected chi connectivity index (χ3v) is 3.32. The first-order chi connectivity index (χ1) is 9.97. The van der Waals surface area contributed by atoms with Crippen LogP contribution in [0.25, 0.3) is 0 Å². The third-order valence-electron chi connectivity index (χ3n) is 3.32. The van der Waals surface area contributed by atoms with Gasteiger partial charge in [-0.15, -0.1) is 0 Å². The molecule has 2 rings (SSSR count). The van der Waals surface area contributed by atoms with E-state index in [0.717, 1.165) is 0 Å². The van der Waals surface area contributed by atoms with Crippen LogP contribution in [0, 0.1) is 0 Å². The molecule has 1 aromatic rings. The zero-order chi connectivity index (χ0) is 15.4. The van der Waals surface area contributed by atoms with Crippen molar-refractivity contribution in [3.63, 3.8) is 0 Å². The first-order valence-corrected chi connectivity index (χ1v) is 6.63. The minimum absolute atomic E-state index is 0.0580. The molecule has 0 saturated carbocycles. The molecule has 1 aromatic carbocycles. The summed E-state index contributed by atoms with van der Waals surface area (Å²) in [5.74, 6) is -1.08. The van der Waals surface area contributed by atoms with Gasteiger partial charge in [0.15, 0.2) is 0 Å². The van der Waals surface area contributed by atoms with Crippen molar-refractivity contribution < 1.29 is 19.5 Å². The number of anilines is 1. The summed E-state index contributed by atoms with van der Waals surface area (Å²) in [4.78, 5) is 35.7. The molecule has 3 amide bonds. The van der Waals surface area contributed by atoms with Gasteiger partial charge in [-0.05, 0) is 24.6 Å². The fraction of sp³-hybridized carbons (Fsp3) is 0.357. The number of carbonyl (C=O) groups is 3. The summed E-state index contributed by atoms with van der Waals surface area (Å²) in [6, 6.07) is 5.73. The van der Waals surface area contributed by atoms with Crippen molar-refractivity contribution in [3.8, 4) is 0 Å². The largest absolute Gasteiger partial charge is 0.481 e. The second-order valence-electron chi connectivity index (χ2n) is 4.86. The van der Waals surface area contributed by atoms with E-state index in [4.69, 9.17) is 5.11 Å². The minimum atomic E-state index is -0.903. The number of benzene rings is 1. The molecule has 0 aliphatic carbocycles. The van der Waals surface area contributed by atoms with Crippen LogP contribution in [0.5, 0.6) is 0 Å². The maximum atomic E-state index is 12.1. The molecule has 112 valence electrons. The van der Waals surface area contributed by atoms with Crippen LogP contribution in [0.4, 0.5) is 10.5 Å². The molecule has 1 heterocycles. The van der Waals surface area contributed by atoms with Gasteiger partial charge >= 0.3 is 12.0 Å². The second kappa shape index (κ2) is 6.25. The molecule has 0 radical (unpaired) electrons. The van der Waals surface area contributed by atoms with E-state index < -0.39 is 12.0 Å². The summed E-state index contributed by atoms with van der Waals surface area (Å²) in [6.45, 7) is 2.56. The van der Waals surface area contributed by atoms with Gasteiger partial charge in [-0.3, -0.25) is 9.59 Å². The zero-order valence-electron chi connectivity index (χ0n) is 11.6. The number of carboxylic acids is 1. The maximum absolute atomic E-state index is 12.1. The Labute approximate surface area is 121 Å². The van der Waals surface area contributed by atoms with E-state index in [1.807, 2.05) is 0 Å². The molecular formula is C14H17N3O4. The van der Waals surface area contributed by atoms with Gasteiger partial charge in [0.2, 0.25) is 5.91 Å². The number of carboxylic acid groups (broad SMARTS) is 1. The average molecular weight is 291 g/mol. The fourth-order valence-electron chi connectivity index (χ4n) is 2.14. The topological polar surface area (TPSA) is 98.7 Å². The number of urea groups is 1. The predicted octanol–water partition coefficient (Wildman–Crippen LogP) is 0.666. The van der Waals surface area contributed by atoms with Crippen LogP contribution in [0.2, 0.25) is 0 Å². The molecule has 0 aromatic heterocycles. The highest BCUT2D eigenvalue weighted by atomic mass is 16.4. The SMILES string of the molecule is CC1C(=O)NCCN1C(=O)Nc1ccc(CC(=O)O)cc1. The summed E-state index contributed by atoms with van der Waals surface area (Å²) in [5.41, 5.74) is 1.22. The Morgan fingerprint density at radius 2 is 2.05 bits per heavy atom. The highest BCUT2D eigenvalue weighted by Gasteiger charge is 2.29. The molecule has 7 nitrogen and oxygen atoms in total. The molecule has 1 unspecified atom stereocenters. The smallest absolute Gasteiger partial charge is 0.322 e. The van der Waals surface area contributed by atoms with Crippen LogP contribution >= 0.6 is 0 Å². The van der Waals surface area contributed by atoms with Crippen molar-refractivity contribution >= 4 is 23.6 Å². The second-order valence-corrected chi connectivity index (χ2v) is 4.86. The van der Waals surface area contributed by atoms with Crippen molar-refractivity contribution in [2.24, 2.45) is 0 Å². The molecule has 1 atom stereocenters. The summed E-state index contributed by atoms with van der Waals surface area (Å²) in [6.07, 6.45) is -0.0580. The van der Waals surface area contributed by atoms with Gasteiger partial charge in [0.25, 0.3) is 0 Å². The molecule has 7 heteroatoms. The summed E-state index contributed by atoms with van der Waals surface area (Å²) < 4.78 is 0. The Morgan fingerprint density at radius 3 is 2.67 bits per heavy atom. The van der Waals surface area contributed by atoms with Crippen molar-refractivity contribution in [1.29, 1.82) is 0 Å². The van der Waals surface area contributed by atoms with Crippen molar-refractivity contribution in [3.05, 3.63) is 29.8 Å². The summed E-state index contributed by atoms with van der Waals surface area (Å²) in [7, 11) is 0. The number of amides is 3. The molecule has 3 N–H and O–H groups in total. The Balaban J connectivity index is 1.99. The van der Waals surface area contributed by atoms with E-state index in [2.05, 4.69) is 10.6 Å². The molecular weight excluding hydrogens is 274 g/mol. The highest BCUT2D eigenvalue weighted by molar-refractivity contribution is 5.94. The van der Waals surface area contributed by atoms with Gasteiger partial charge in [0, 0.05) is 18.8 Å². The van der Waals surface area contributed by atoms with Crippen molar-refractivity contribution in [1.82, 2.24) is 10.2 Å². The van der Waals surface area contributed by atoms with Crippen molar-refractivity contribution in [2.45, 2.75) is 19.4 Å².